The zero-order valence-corrected chi connectivity index (χ0v) is 9.65. The molecule has 1 aromatic carbocycles. The van der Waals surface area contributed by atoms with Crippen molar-refractivity contribution in [1.29, 1.82) is 0 Å². The Morgan fingerprint density at radius 1 is 1.44 bits per heavy atom. The second kappa shape index (κ2) is 7.01. The first-order chi connectivity index (χ1) is 8.13. The number of aliphatic carboxylic acids is 1. The molecule has 0 atom stereocenters. The summed E-state index contributed by atoms with van der Waals surface area (Å²) >= 11 is 0. The number of hydrogen-bond acceptors (Lipinski definition) is 2. The average Bonchev–Trinajstić information content (AvgIpc) is 2.67. The van der Waals surface area contributed by atoms with Crippen LogP contribution in [0.3, 0.4) is 0 Å². The van der Waals surface area contributed by atoms with Gasteiger partial charge in [-0.1, -0.05) is 37.6 Å². The fourth-order valence-corrected chi connectivity index (χ4v) is 1.49. The maximum Gasteiger partial charge on any atom is 0.303 e. The Kier molecular flexibility index (Phi) is 4.88. The van der Waals surface area contributed by atoms with E-state index in [2.05, 4.69) is 12.1 Å². The van der Waals surface area contributed by atoms with E-state index in [0.717, 1.165) is 25.9 Å². The van der Waals surface area contributed by atoms with Crippen molar-refractivity contribution in [2.45, 2.75) is 39.3 Å². The van der Waals surface area contributed by atoms with Crippen molar-refractivity contribution >= 4 is 5.97 Å². The molecule has 1 aliphatic heterocycles. The minimum absolute atomic E-state index is 0.316. The van der Waals surface area contributed by atoms with Crippen LogP contribution in [-0.2, 0) is 17.9 Å². The minimum atomic E-state index is -0.693. The number of carbonyl (C=O) groups is 1. The van der Waals surface area contributed by atoms with E-state index in [1.807, 2.05) is 19.1 Å². The number of unbranched alkanes of at least 4 members (excludes halogenated alkanes) is 1. The van der Waals surface area contributed by atoms with Crippen LogP contribution in [0.4, 0.5) is 0 Å². The van der Waals surface area contributed by atoms with Crippen LogP contribution in [0, 0.1) is 0 Å². The third kappa shape index (κ3) is 4.45. The summed E-state index contributed by atoms with van der Waals surface area (Å²) in [5.74, 6) is -0.693. The van der Waals surface area contributed by atoms with Gasteiger partial charge in [0.25, 0.3) is 0 Å². The molecule has 16 heavy (non-hydrogen) atoms. The van der Waals surface area contributed by atoms with Crippen molar-refractivity contribution < 1.29 is 11.3 Å². The summed E-state index contributed by atoms with van der Waals surface area (Å²) in [5.41, 5.74) is 2.61. The van der Waals surface area contributed by atoms with E-state index in [1.165, 1.54) is 11.1 Å². The molecule has 0 aliphatic carbocycles. The lowest BCUT2D eigenvalue weighted by Crippen LogP contribution is -1.99. The lowest BCUT2D eigenvalue weighted by Gasteiger charge is -1.91. The van der Waals surface area contributed by atoms with Gasteiger partial charge in [-0.25, -0.2) is 0 Å². The van der Waals surface area contributed by atoms with Crippen molar-refractivity contribution in [3.05, 3.63) is 35.4 Å². The number of carboxylic acids is 1. The molecule has 0 saturated carbocycles. The van der Waals surface area contributed by atoms with Crippen LogP contribution in [0.15, 0.2) is 24.3 Å². The van der Waals surface area contributed by atoms with E-state index in [0.29, 0.717) is 6.42 Å². The quantitative estimate of drug-likeness (QED) is 0.826. The third-order valence-corrected chi connectivity index (χ3v) is 2.43. The van der Waals surface area contributed by atoms with Gasteiger partial charge in [0, 0.05) is 19.5 Å². The summed E-state index contributed by atoms with van der Waals surface area (Å²) in [5, 5.41) is 9.62. The van der Waals surface area contributed by atoms with Crippen molar-refractivity contribution in [2.75, 3.05) is 0 Å². The number of carboxylic acid groups (broad SMARTS) is 1. The highest BCUT2D eigenvalue weighted by Gasteiger charge is 2.06. The van der Waals surface area contributed by atoms with E-state index < -0.39 is 5.97 Å². The smallest absolute Gasteiger partial charge is 0.303 e. The Hall–Kier alpha value is -1.35. The summed E-state index contributed by atoms with van der Waals surface area (Å²) in [6.45, 7) is 3.55. The molecule has 0 amide bonds. The summed E-state index contributed by atoms with van der Waals surface area (Å²) in [7, 11) is 0. The maximum absolute atomic E-state index is 9.76. The molecular weight excluding hydrogens is 202 g/mol. The van der Waals surface area contributed by atoms with Gasteiger partial charge in [0.2, 0.25) is 0 Å². The number of hydrogen-bond donors (Lipinski definition) is 2. The molecule has 0 radical (unpaired) electrons. The van der Waals surface area contributed by atoms with Gasteiger partial charge in [-0.3, -0.25) is 4.79 Å². The average molecular weight is 222 g/mol. The second-order valence-corrected chi connectivity index (χ2v) is 3.81. The molecule has 0 bridgehead atoms. The fourth-order valence-electron chi connectivity index (χ4n) is 1.49. The molecule has 3 nitrogen and oxygen atoms in total. The van der Waals surface area contributed by atoms with Gasteiger partial charge in [0.1, 0.15) is 1.41 Å². The van der Waals surface area contributed by atoms with E-state index >= 15 is 0 Å². The number of fused-ring (bicyclic) bond motifs is 1. The predicted molar refractivity (Wildman–Crippen MR) is 64.1 cm³/mol. The molecule has 0 spiro atoms. The molecule has 1 aromatic rings. The minimum Gasteiger partial charge on any atom is -0.481 e. The van der Waals surface area contributed by atoms with Gasteiger partial charge in [-0.05, 0) is 17.5 Å². The molecule has 0 fully saturated rings. The zero-order chi connectivity index (χ0) is 12.7. The molecule has 0 aromatic heterocycles. The Morgan fingerprint density at radius 2 is 2.00 bits per heavy atom. The van der Waals surface area contributed by atoms with E-state index in [1.54, 1.807) is 5.31 Å². The number of nitrogens with one attached hydrogen (secondary N) is 1. The summed E-state index contributed by atoms with van der Waals surface area (Å²) in [4.78, 5) is 9.76. The molecule has 1 heterocycles. The zero-order valence-electron chi connectivity index (χ0n) is 10.6. The van der Waals surface area contributed by atoms with Crippen LogP contribution < -0.4 is 5.31 Å². The van der Waals surface area contributed by atoms with E-state index in [-0.39, 0.29) is 0 Å². The normalized spacial score (nSPS) is 14.7. The number of benzene rings is 1. The molecule has 0 saturated heterocycles. The highest BCUT2D eigenvalue weighted by molar-refractivity contribution is 5.66. The van der Waals surface area contributed by atoms with E-state index in [9.17, 15) is 4.79 Å². The van der Waals surface area contributed by atoms with Gasteiger partial charge in [0.05, 0.1) is 0 Å². The first-order valence-electron chi connectivity index (χ1n) is 6.10. The number of rotatable bonds is 3. The Morgan fingerprint density at radius 3 is 2.38 bits per heavy atom. The Labute approximate surface area is 98.0 Å². The van der Waals surface area contributed by atoms with Crippen LogP contribution in [0.5, 0.6) is 0 Å². The van der Waals surface area contributed by atoms with Gasteiger partial charge < -0.3 is 10.4 Å². The van der Waals surface area contributed by atoms with E-state index in [4.69, 9.17) is 6.52 Å². The highest BCUT2D eigenvalue weighted by atomic mass is 16.4. The monoisotopic (exact) mass is 222 g/mol. The lowest BCUT2D eigenvalue weighted by molar-refractivity contribution is -0.137. The van der Waals surface area contributed by atoms with Gasteiger partial charge in [0.15, 0.2) is 0 Å². The van der Waals surface area contributed by atoms with Crippen LogP contribution >= 0.6 is 0 Å². The van der Waals surface area contributed by atoms with Crippen LogP contribution in [0.2, 0.25) is 1.41 Å². The fraction of sp³-hybridized carbons (Fsp3) is 0.462. The Balaban J connectivity index is 0.000000185. The SMILES string of the molecule is CCCCC(=O)O.[2H]N1Cc2ccccc2C1. The van der Waals surface area contributed by atoms with Crippen molar-refractivity contribution in [3.63, 3.8) is 0 Å². The summed E-state index contributed by atoms with van der Waals surface area (Å²) in [6.07, 6.45) is 2.08. The maximum atomic E-state index is 9.76. The van der Waals surface area contributed by atoms with Gasteiger partial charge in [-0.2, -0.15) is 0 Å². The lowest BCUT2D eigenvalue weighted by atomic mass is 10.1. The third-order valence-electron chi connectivity index (χ3n) is 2.43. The first-order valence-corrected chi connectivity index (χ1v) is 5.66. The predicted octanol–water partition coefficient (Wildman–Crippen LogP) is 2.55. The molecule has 2 N–H and O–H groups in total. The summed E-state index contributed by atoms with van der Waals surface area (Å²) < 4.78 is 7.35. The molecular formula is C13H19NO2. The molecule has 0 unspecified atom stereocenters. The standard InChI is InChI=1S/C8H9N.C5H10O2/c1-2-4-8-6-9-5-7(8)3-1;1-2-3-4-5(6)7/h1-4,9H,5-6H2;2-4H2,1H3,(H,6,7)/i/hD. The molecule has 2 rings (SSSR count). The molecule has 88 valence electrons. The van der Waals surface area contributed by atoms with Crippen LogP contribution in [0.25, 0.3) is 0 Å². The topological polar surface area (TPSA) is 49.3 Å². The second-order valence-electron chi connectivity index (χ2n) is 3.81. The largest absolute Gasteiger partial charge is 0.481 e. The summed E-state index contributed by atoms with van der Waals surface area (Å²) in [6, 6.07) is 8.23. The van der Waals surface area contributed by atoms with Crippen molar-refractivity contribution in [2.24, 2.45) is 0 Å². The molecule has 3 heteroatoms. The van der Waals surface area contributed by atoms with Crippen molar-refractivity contribution in [3.8, 4) is 0 Å². The van der Waals surface area contributed by atoms with Crippen molar-refractivity contribution in [1.82, 2.24) is 5.31 Å². The Bertz CT molecular complexity index is 343. The van der Waals surface area contributed by atoms with Gasteiger partial charge >= 0.3 is 5.97 Å². The van der Waals surface area contributed by atoms with Crippen LogP contribution in [0.1, 0.15) is 37.3 Å². The van der Waals surface area contributed by atoms with Gasteiger partial charge in [-0.15, -0.1) is 0 Å². The first kappa shape index (κ1) is 11.1. The van der Waals surface area contributed by atoms with Crippen LogP contribution in [-0.4, -0.2) is 11.1 Å². The molecule has 1 aliphatic rings. The highest BCUT2D eigenvalue weighted by Crippen LogP contribution is 2.12.